The molecule has 2 heterocycles. The largest absolute Gasteiger partial charge is 0.486 e. The average Bonchev–Trinajstić information content (AvgIpc) is 2.89. The molecular weight excluding hydrogens is 351 g/mol. The predicted octanol–water partition coefficient (Wildman–Crippen LogP) is 1.95. The third kappa shape index (κ3) is 4.00. The van der Waals surface area contributed by atoms with E-state index in [9.17, 15) is 12.8 Å². The fraction of sp³-hybridized carbons (Fsp3) is 0.438. The van der Waals surface area contributed by atoms with Crippen LogP contribution in [0.15, 0.2) is 33.7 Å². The summed E-state index contributed by atoms with van der Waals surface area (Å²) in [5, 5.41) is 3.68. The van der Waals surface area contributed by atoms with Gasteiger partial charge in [0.1, 0.15) is 28.3 Å². The molecule has 7 nitrogen and oxygen atoms in total. The van der Waals surface area contributed by atoms with Crippen molar-refractivity contribution in [1.82, 2.24) is 9.88 Å². The number of aromatic nitrogens is 1. The first kappa shape index (κ1) is 17.8. The molecule has 136 valence electrons. The smallest absolute Gasteiger partial charge is 0.246 e. The molecule has 2 atom stereocenters. The van der Waals surface area contributed by atoms with Gasteiger partial charge in [-0.05, 0) is 32.4 Å². The Bertz CT molecular complexity index is 832. The van der Waals surface area contributed by atoms with Crippen LogP contribution in [0.5, 0.6) is 5.75 Å². The van der Waals surface area contributed by atoms with Gasteiger partial charge >= 0.3 is 0 Å². The molecule has 0 bridgehead atoms. The van der Waals surface area contributed by atoms with Crippen LogP contribution in [0.4, 0.5) is 4.39 Å². The van der Waals surface area contributed by atoms with Crippen LogP contribution in [0.1, 0.15) is 17.9 Å². The first-order chi connectivity index (χ1) is 11.9. The van der Waals surface area contributed by atoms with Crippen LogP contribution in [-0.2, 0) is 14.8 Å². The van der Waals surface area contributed by atoms with Crippen molar-refractivity contribution >= 4 is 10.0 Å². The maximum atomic E-state index is 13.3. The molecule has 0 aliphatic carbocycles. The van der Waals surface area contributed by atoms with Crippen molar-refractivity contribution in [3.63, 3.8) is 0 Å². The lowest BCUT2D eigenvalue weighted by Gasteiger charge is -2.32. The molecule has 3 rings (SSSR count). The zero-order valence-electron chi connectivity index (χ0n) is 13.9. The van der Waals surface area contributed by atoms with Gasteiger partial charge < -0.3 is 14.0 Å². The highest BCUT2D eigenvalue weighted by atomic mass is 32.2. The van der Waals surface area contributed by atoms with E-state index in [1.54, 1.807) is 19.9 Å². The van der Waals surface area contributed by atoms with Crippen molar-refractivity contribution in [2.24, 2.45) is 0 Å². The Kier molecular flexibility index (Phi) is 5.07. The van der Waals surface area contributed by atoms with Gasteiger partial charge in [-0.1, -0.05) is 11.2 Å². The third-order valence-corrected chi connectivity index (χ3v) is 5.66. The topological polar surface area (TPSA) is 90.7 Å². The molecule has 0 radical (unpaired) electrons. The molecule has 1 aromatic carbocycles. The SMILES string of the molecule is Cc1noc(C)c1S(=O)(=O)N[C@H]1CCOC[C@@H]1Oc1cccc(F)c1. The zero-order valence-corrected chi connectivity index (χ0v) is 14.7. The van der Waals surface area contributed by atoms with Crippen LogP contribution in [0.2, 0.25) is 0 Å². The summed E-state index contributed by atoms with van der Waals surface area (Å²) in [4.78, 5) is 0.0310. The molecule has 0 saturated carbocycles. The summed E-state index contributed by atoms with van der Waals surface area (Å²) in [6.45, 7) is 3.71. The molecule has 1 N–H and O–H groups in total. The summed E-state index contributed by atoms with van der Waals surface area (Å²) in [7, 11) is -3.83. The van der Waals surface area contributed by atoms with Gasteiger partial charge in [-0.25, -0.2) is 17.5 Å². The van der Waals surface area contributed by atoms with E-state index in [0.29, 0.717) is 24.5 Å². The van der Waals surface area contributed by atoms with E-state index in [2.05, 4.69) is 9.88 Å². The highest BCUT2D eigenvalue weighted by molar-refractivity contribution is 7.89. The summed E-state index contributed by atoms with van der Waals surface area (Å²) in [6, 6.07) is 5.17. The van der Waals surface area contributed by atoms with E-state index < -0.39 is 28.0 Å². The van der Waals surface area contributed by atoms with Crippen LogP contribution >= 0.6 is 0 Å². The highest BCUT2D eigenvalue weighted by Crippen LogP contribution is 2.23. The first-order valence-electron chi connectivity index (χ1n) is 7.82. The number of hydrogen-bond donors (Lipinski definition) is 1. The van der Waals surface area contributed by atoms with E-state index in [-0.39, 0.29) is 17.3 Å². The maximum absolute atomic E-state index is 13.3. The molecule has 2 aromatic rings. The molecule has 1 aromatic heterocycles. The van der Waals surface area contributed by atoms with Crippen LogP contribution < -0.4 is 9.46 Å². The number of aryl methyl sites for hydroxylation is 2. The molecule has 0 spiro atoms. The molecule has 1 saturated heterocycles. The van der Waals surface area contributed by atoms with Crippen LogP contribution in [0, 0.1) is 19.7 Å². The normalized spacial score (nSPS) is 21.2. The summed E-state index contributed by atoms with van der Waals surface area (Å²) >= 11 is 0. The maximum Gasteiger partial charge on any atom is 0.246 e. The number of halogens is 1. The van der Waals surface area contributed by atoms with Crippen LogP contribution in [-0.4, -0.2) is 38.9 Å². The van der Waals surface area contributed by atoms with Gasteiger partial charge in [0.05, 0.1) is 12.6 Å². The molecule has 25 heavy (non-hydrogen) atoms. The monoisotopic (exact) mass is 370 g/mol. The van der Waals surface area contributed by atoms with Crippen molar-refractivity contribution in [1.29, 1.82) is 0 Å². The number of hydrogen-bond acceptors (Lipinski definition) is 6. The lowest BCUT2D eigenvalue weighted by Crippen LogP contribution is -2.51. The minimum atomic E-state index is -3.83. The number of sulfonamides is 1. The standard InChI is InChI=1S/C16H19FN2O5S/c1-10-16(11(2)24-18-10)25(20,21)19-14-6-7-22-9-15(14)23-13-5-3-4-12(17)8-13/h3-5,8,14-15,19H,6-7,9H2,1-2H3/t14-,15-/m0/s1. The molecule has 1 aliphatic rings. The molecule has 9 heteroatoms. The second kappa shape index (κ2) is 7.11. The van der Waals surface area contributed by atoms with E-state index in [0.717, 1.165) is 0 Å². The Balaban J connectivity index is 1.79. The number of rotatable bonds is 5. The third-order valence-electron chi connectivity index (χ3n) is 3.93. The molecule has 0 amide bonds. The van der Waals surface area contributed by atoms with Gasteiger partial charge in [0, 0.05) is 12.7 Å². The predicted molar refractivity (Wildman–Crippen MR) is 86.3 cm³/mol. The van der Waals surface area contributed by atoms with E-state index in [4.69, 9.17) is 14.0 Å². The van der Waals surface area contributed by atoms with Crippen molar-refractivity contribution in [2.75, 3.05) is 13.2 Å². The Hall–Kier alpha value is -1.97. The van der Waals surface area contributed by atoms with Gasteiger partial charge in [0.2, 0.25) is 10.0 Å². The second-order valence-corrected chi connectivity index (χ2v) is 7.51. The molecule has 0 unspecified atom stereocenters. The number of benzene rings is 1. The summed E-state index contributed by atoms with van der Waals surface area (Å²) in [5.74, 6) is 0.110. The Morgan fingerprint density at radius 2 is 2.16 bits per heavy atom. The van der Waals surface area contributed by atoms with E-state index in [1.165, 1.54) is 18.2 Å². The lowest BCUT2D eigenvalue weighted by atomic mass is 10.1. The van der Waals surface area contributed by atoms with Crippen molar-refractivity contribution in [3.8, 4) is 5.75 Å². The van der Waals surface area contributed by atoms with Crippen molar-refractivity contribution in [3.05, 3.63) is 41.5 Å². The Morgan fingerprint density at radius 3 is 2.84 bits per heavy atom. The highest BCUT2D eigenvalue weighted by Gasteiger charge is 2.34. The van der Waals surface area contributed by atoms with Crippen LogP contribution in [0.3, 0.4) is 0 Å². The summed E-state index contributed by atoms with van der Waals surface area (Å²) < 4.78 is 57.4. The Morgan fingerprint density at radius 1 is 1.36 bits per heavy atom. The number of ether oxygens (including phenoxy) is 2. The molecular formula is C16H19FN2O5S. The summed E-state index contributed by atoms with van der Waals surface area (Å²) in [5.41, 5.74) is 0.291. The number of nitrogens with zero attached hydrogens (tertiary/aromatic N) is 1. The zero-order chi connectivity index (χ0) is 18.0. The second-order valence-electron chi connectivity index (χ2n) is 5.86. The minimum absolute atomic E-state index is 0.0310. The van der Waals surface area contributed by atoms with Crippen LogP contribution in [0.25, 0.3) is 0 Å². The summed E-state index contributed by atoms with van der Waals surface area (Å²) in [6.07, 6.45) is -0.145. The van der Waals surface area contributed by atoms with Gasteiger partial charge in [-0.3, -0.25) is 0 Å². The number of nitrogens with one attached hydrogen (secondary N) is 1. The lowest BCUT2D eigenvalue weighted by molar-refractivity contribution is -0.00938. The molecule has 1 fully saturated rings. The fourth-order valence-corrected chi connectivity index (χ4v) is 4.42. The Labute approximate surface area is 145 Å². The fourth-order valence-electron chi connectivity index (χ4n) is 2.79. The van der Waals surface area contributed by atoms with E-state index >= 15 is 0 Å². The van der Waals surface area contributed by atoms with E-state index in [1.807, 2.05) is 0 Å². The molecule has 1 aliphatic heterocycles. The average molecular weight is 370 g/mol. The van der Waals surface area contributed by atoms with Gasteiger partial charge in [0.15, 0.2) is 5.76 Å². The quantitative estimate of drug-likeness (QED) is 0.865. The van der Waals surface area contributed by atoms with Gasteiger partial charge in [-0.2, -0.15) is 0 Å². The van der Waals surface area contributed by atoms with Gasteiger partial charge in [-0.15, -0.1) is 0 Å². The first-order valence-corrected chi connectivity index (χ1v) is 9.30. The van der Waals surface area contributed by atoms with Crippen molar-refractivity contribution in [2.45, 2.75) is 37.3 Å². The van der Waals surface area contributed by atoms with Gasteiger partial charge in [0.25, 0.3) is 0 Å². The minimum Gasteiger partial charge on any atom is -0.486 e. The van der Waals surface area contributed by atoms with Crippen molar-refractivity contribution < 1.29 is 26.8 Å².